The fraction of sp³-hybridized carbons (Fsp3) is 0.643. The second kappa shape index (κ2) is 5.35. The number of ether oxygens (including phenoxy) is 2. The molecule has 1 unspecified atom stereocenters. The monoisotopic (exact) mass is 266 g/mol. The number of carbonyl (C=O) groups excluding carboxylic acids is 1. The van der Waals surface area contributed by atoms with Crippen LogP contribution in [0, 0.1) is 0 Å². The standard InChI is InChI=1S/C14H22N2O3/c1-10-7-16(14(2,3)9-19-10)8-11-5-12(15-6-11)13(17)18-4/h5-6,10,15H,7-9H2,1-4H3. The topological polar surface area (TPSA) is 54.6 Å². The number of rotatable bonds is 3. The van der Waals surface area contributed by atoms with Crippen LogP contribution in [0.4, 0.5) is 0 Å². The van der Waals surface area contributed by atoms with Crippen molar-refractivity contribution < 1.29 is 14.3 Å². The Balaban J connectivity index is 2.07. The van der Waals surface area contributed by atoms with Crippen molar-refractivity contribution >= 4 is 5.97 Å². The van der Waals surface area contributed by atoms with Crippen molar-refractivity contribution in [3.63, 3.8) is 0 Å². The lowest BCUT2D eigenvalue weighted by Gasteiger charge is -2.44. The molecule has 1 fully saturated rings. The number of hydrogen-bond acceptors (Lipinski definition) is 4. The third kappa shape index (κ3) is 3.16. The number of morpholine rings is 1. The molecule has 1 aromatic rings. The molecule has 5 nitrogen and oxygen atoms in total. The molecule has 0 amide bonds. The third-order valence-electron chi connectivity index (χ3n) is 3.58. The lowest BCUT2D eigenvalue weighted by atomic mass is 10.0. The zero-order valence-corrected chi connectivity index (χ0v) is 12.0. The van der Waals surface area contributed by atoms with Crippen LogP contribution in [-0.4, -0.2) is 47.8 Å². The van der Waals surface area contributed by atoms with E-state index in [1.165, 1.54) is 7.11 Å². The molecule has 1 saturated heterocycles. The van der Waals surface area contributed by atoms with Gasteiger partial charge in [0.15, 0.2) is 0 Å². The van der Waals surface area contributed by atoms with Crippen LogP contribution in [-0.2, 0) is 16.0 Å². The van der Waals surface area contributed by atoms with Gasteiger partial charge < -0.3 is 14.5 Å². The Labute approximate surface area is 113 Å². The first-order chi connectivity index (χ1) is 8.92. The second-order valence-corrected chi connectivity index (χ2v) is 5.73. The summed E-state index contributed by atoms with van der Waals surface area (Å²) >= 11 is 0. The molecule has 0 radical (unpaired) electrons. The highest BCUT2D eigenvalue weighted by Gasteiger charge is 2.33. The van der Waals surface area contributed by atoms with Crippen molar-refractivity contribution in [3.8, 4) is 0 Å². The Morgan fingerprint density at radius 1 is 1.63 bits per heavy atom. The van der Waals surface area contributed by atoms with Crippen molar-refractivity contribution in [2.24, 2.45) is 0 Å². The molecule has 19 heavy (non-hydrogen) atoms. The fourth-order valence-electron chi connectivity index (χ4n) is 2.30. The number of methoxy groups -OCH3 is 1. The predicted octanol–water partition coefficient (Wildman–Crippen LogP) is 1.80. The van der Waals surface area contributed by atoms with Crippen molar-refractivity contribution in [2.75, 3.05) is 20.3 Å². The molecule has 1 aliphatic heterocycles. The van der Waals surface area contributed by atoms with Gasteiger partial charge in [0, 0.05) is 24.8 Å². The summed E-state index contributed by atoms with van der Waals surface area (Å²) in [6, 6.07) is 1.85. The predicted molar refractivity (Wildman–Crippen MR) is 72.0 cm³/mol. The van der Waals surface area contributed by atoms with Gasteiger partial charge in [-0.25, -0.2) is 4.79 Å². The van der Waals surface area contributed by atoms with Crippen molar-refractivity contribution in [1.29, 1.82) is 0 Å². The van der Waals surface area contributed by atoms with Crippen molar-refractivity contribution in [2.45, 2.75) is 39.0 Å². The van der Waals surface area contributed by atoms with E-state index in [-0.39, 0.29) is 17.6 Å². The van der Waals surface area contributed by atoms with Gasteiger partial charge in [0.25, 0.3) is 0 Å². The molecular weight excluding hydrogens is 244 g/mol. The van der Waals surface area contributed by atoms with Gasteiger partial charge in [-0.2, -0.15) is 0 Å². The van der Waals surface area contributed by atoms with Gasteiger partial charge >= 0.3 is 5.97 Å². The van der Waals surface area contributed by atoms with Crippen LogP contribution < -0.4 is 0 Å². The van der Waals surface area contributed by atoms with Gasteiger partial charge in [-0.1, -0.05) is 0 Å². The molecule has 0 aromatic carbocycles. The molecule has 0 spiro atoms. The van der Waals surface area contributed by atoms with E-state index in [4.69, 9.17) is 9.47 Å². The van der Waals surface area contributed by atoms with Crippen LogP contribution in [0.3, 0.4) is 0 Å². The highest BCUT2D eigenvalue weighted by molar-refractivity contribution is 5.87. The number of H-pyrrole nitrogens is 1. The highest BCUT2D eigenvalue weighted by Crippen LogP contribution is 2.24. The van der Waals surface area contributed by atoms with E-state index in [1.54, 1.807) is 0 Å². The Kier molecular flexibility index (Phi) is 3.96. The normalized spacial score (nSPS) is 23.3. The average molecular weight is 266 g/mol. The largest absolute Gasteiger partial charge is 0.464 e. The Morgan fingerprint density at radius 3 is 3.05 bits per heavy atom. The fourth-order valence-corrected chi connectivity index (χ4v) is 2.30. The van der Waals surface area contributed by atoms with E-state index in [1.807, 2.05) is 12.3 Å². The van der Waals surface area contributed by atoms with Crippen LogP contribution >= 0.6 is 0 Å². The molecule has 2 heterocycles. The van der Waals surface area contributed by atoms with Gasteiger partial charge in [-0.3, -0.25) is 4.90 Å². The van der Waals surface area contributed by atoms with E-state index in [0.29, 0.717) is 5.69 Å². The summed E-state index contributed by atoms with van der Waals surface area (Å²) in [4.78, 5) is 16.7. The van der Waals surface area contributed by atoms with E-state index in [0.717, 1.165) is 25.3 Å². The Bertz CT molecular complexity index is 453. The number of nitrogens with zero attached hydrogens (tertiary/aromatic N) is 1. The number of aromatic nitrogens is 1. The van der Waals surface area contributed by atoms with E-state index in [9.17, 15) is 4.79 Å². The molecule has 1 aliphatic rings. The lowest BCUT2D eigenvalue weighted by molar-refractivity contribution is -0.0949. The number of hydrogen-bond donors (Lipinski definition) is 1. The molecular formula is C14H22N2O3. The first-order valence-corrected chi connectivity index (χ1v) is 6.54. The molecule has 5 heteroatoms. The molecule has 106 valence electrons. The summed E-state index contributed by atoms with van der Waals surface area (Å²) in [5, 5.41) is 0. The van der Waals surface area contributed by atoms with Crippen molar-refractivity contribution in [1.82, 2.24) is 9.88 Å². The number of nitrogens with one attached hydrogen (secondary N) is 1. The minimum absolute atomic E-state index is 0.00914. The zero-order chi connectivity index (χ0) is 14.0. The van der Waals surface area contributed by atoms with Gasteiger partial charge in [0.1, 0.15) is 5.69 Å². The van der Waals surface area contributed by atoms with E-state index < -0.39 is 0 Å². The third-order valence-corrected chi connectivity index (χ3v) is 3.58. The number of esters is 1. The lowest BCUT2D eigenvalue weighted by Crippen LogP contribution is -2.54. The SMILES string of the molecule is COC(=O)c1cc(CN2CC(C)OCC2(C)C)c[nH]1. The van der Waals surface area contributed by atoms with E-state index in [2.05, 4.69) is 30.7 Å². The maximum Gasteiger partial charge on any atom is 0.354 e. The van der Waals surface area contributed by atoms with Crippen LogP contribution in [0.15, 0.2) is 12.3 Å². The summed E-state index contributed by atoms with van der Waals surface area (Å²) < 4.78 is 10.4. The van der Waals surface area contributed by atoms with Crippen LogP contribution in [0.1, 0.15) is 36.8 Å². The molecule has 1 aromatic heterocycles. The summed E-state index contributed by atoms with van der Waals surface area (Å²) in [6.07, 6.45) is 2.11. The minimum Gasteiger partial charge on any atom is -0.464 e. The summed E-state index contributed by atoms with van der Waals surface area (Å²) in [6.45, 7) is 8.85. The molecule has 2 rings (SSSR count). The maximum absolute atomic E-state index is 11.4. The van der Waals surface area contributed by atoms with Crippen molar-refractivity contribution in [3.05, 3.63) is 23.5 Å². The van der Waals surface area contributed by atoms with Crippen LogP contribution in [0.5, 0.6) is 0 Å². The smallest absolute Gasteiger partial charge is 0.354 e. The second-order valence-electron chi connectivity index (χ2n) is 5.73. The zero-order valence-electron chi connectivity index (χ0n) is 12.0. The highest BCUT2D eigenvalue weighted by atomic mass is 16.5. The summed E-state index contributed by atoms with van der Waals surface area (Å²) in [5.41, 5.74) is 1.59. The van der Waals surface area contributed by atoms with Gasteiger partial charge in [0.05, 0.1) is 19.8 Å². The molecule has 0 saturated carbocycles. The van der Waals surface area contributed by atoms with E-state index >= 15 is 0 Å². The Morgan fingerprint density at radius 2 is 2.37 bits per heavy atom. The first kappa shape index (κ1) is 14.1. The quantitative estimate of drug-likeness (QED) is 0.848. The maximum atomic E-state index is 11.4. The van der Waals surface area contributed by atoms with Crippen LogP contribution in [0.2, 0.25) is 0 Å². The molecule has 0 aliphatic carbocycles. The van der Waals surface area contributed by atoms with Gasteiger partial charge in [0.2, 0.25) is 0 Å². The number of aromatic amines is 1. The molecule has 0 bridgehead atoms. The molecule has 1 atom stereocenters. The first-order valence-electron chi connectivity index (χ1n) is 6.54. The Hall–Kier alpha value is -1.33. The minimum atomic E-state index is -0.333. The summed E-state index contributed by atoms with van der Waals surface area (Å²) in [7, 11) is 1.38. The average Bonchev–Trinajstić information content (AvgIpc) is 2.82. The molecule has 1 N–H and O–H groups in total. The van der Waals surface area contributed by atoms with Gasteiger partial charge in [-0.15, -0.1) is 0 Å². The summed E-state index contributed by atoms with van der Waals surface area (Å²) in [5.74, 6) is -0.333. The van der Waals surface area contributed by atoms with Crippen LogP contribution in [0.25, 0.3) is 0 Å². The van der Waals surface area contributed by atoms with Gasteiger partial charge in [-0.05, 0) is 32.4 Å². The number of carbonyl (C=O) groups is 1.